The third kappa shape index (κ3) is 16.7. The van der Waals surface area contributed by atoms with Gasteiger partial charge in [0.25, 0.3) is 0 Å². The molecule has 0 saturated carbocycles. The number of benzene rings is 1. The molecule has 0 spiro atoms. The molecule has 5 unspecified atom stereocenters. The molecule has 4 heterocycles. The Morgan fingerprint density at radius 1 is 0.947 bits per heavy atom. The van der Waals surface area contributed by atoms with E-state index in [0.29, 0.717) is 25.7 Å². The zero-order valence-corrected chi connectivity index (χ0v) is 45.1. The summed E-state index contributed by atoms with van der Waals surface area (Å²) in [5.41, 5.74) is -1.07. The van der Waals surface area contributed by atoms with Gasteiger partial charge in [0.2, 0.25) is 0 Å². The van der Waals surface area contributed by atoms with Crippen LogP contribution in [0.3, 0.4) is 0 Å². The summed E-state index contributed by atoms with van der Waals surface area (Å²) in [5, 5.41) is 44.8. The van der Waals surface area contributed by atoms with Gasteiger partial charge in [0.15, 0.2) is 18.7 Å². The average molecular weight is 1070 g/mol. The third-order valence-electron chi connectivity index (χ3n) is 14.5. The normalized spacial score (nSPS) is 36.0. The predicted octanol–water partition coefficient (Wildman–Crippen LogP) is 3.52. The maximum absolute atomic E-state index is 15.4. The van der Waals surface area contributed by atoms with Gasteiger partial charge in [-0.05, 0) is 97.8 Å². The van der Waals surface area contributed by atoms with E-state index in [1.807, 2.05) is 18.9 Å². The number of cyclic esters (lactones) is 2. The van der Waals surface area contributed by atoms with Crippen LogP contribution in [0, 0.1) is 17.7 Å². The number of rotatable bonds is 17. The van der Waals surface area contributed by atoms with Gasteiger partial charge in [0, 0.05) is 51.3 Å². The number of ether oxygens (including phenoxy) is 9. The van der Waals surface area contributed by atoms with Crippen LogP contribution in [0.15, 0.2) is 24.3 Å². The highest BCUT2D eigenvalue weighted by Crippen LogP contribution is 2.38. The van der Waals surface area contributed by atoms with Crippen molar-refractivity contribution in [1.82, 2.24) is 9.80 Å². The molecule has 1 aromatic rings. The van der Waals surface area contributed by atoms with Gasteiger partial charge in [0.1, 0.15) is 54.3 Å². The van der Waals surface area contributed by atoms with Crippen molar-refractivity contribution in [2.45, 2.75) is 191 Å². The van der Waals surface area contributed by atoms with E-state index in [-0.39, 0.29) is 69.5 Å². The summed E-state index contributed by atoms with van der Waals surface area (Å²) in [4.78, 5) is 69.5. The Balaban J connectivity index is 1.43. The first-order chi connectivity index (χ1) is 35.5. The van der Waals surface area contributed by atoms with Gasteiger partial charge >= 0.3 is 24.0 Å². The molecular weight excluding hydrogens is 986 g/mol. The number of esters is 3. The number of aliphatic hydroxyl groups excluding tert-OH is 3. The fourth-order valence-corrected chi connectivity index (χ4v) is 10.4. The molecule has 22 heteroatoms. The minimum Gasteiger partial charge on any atom is -0.462 e. The van der Waals surface area contributed by atoms with Crippen LogP contribution in [0.25, 0.3) is 6.08 Å². The van der Waals surface area contributed by atoms with Gasteiger partial charge < -0.3 is 77.7 Å². The summed E-state index contributed by atoms with van der Waals surface area (Å²) in [6.45, 7) is 10.4. The van der Waals surface area contributed by atoms with E-state index < -0.39 is 139 Å². The lowest BCUT2D eigenvalue weighted by Crippen LogP contribution is -2.66. The molecule has 0 aromatic heterocycles. The fraction of sp³-hybridized carbons (Fsp3) is 0.755. The summed E-state index contributed by atoms with van der Waals surface area (Å²) < 4.78 is 70.1. The number of methoxy groups -OCH3 is 1. The third-order valence-corrected chi connectivity index (χ3v) is 14.5. The lowest BCUT2D eigenvalue weighted by Gasteiger charge is -2.50. The molecule has 4 aliphatic heterocycles. The molecule has 4 fully saturated rings. The number of hydrogen-bond acceptors (Lipinski definition) is 20. The van der Waals surface area contributed by atoms with E-state index in [4.69, 9.17) is 42.6 Å². The van der Waals surface area contributed by atoms with E-state index in [0.717, 1.165) is 0 Å². The van der Waals surface area contributed by atoms with Gasteiger partial charge in [-0.2, -0.15) is 0 Å². The molecule has 75 heavy (non-hydrogen) atoms. The first kappa shape index (κ1) is 61.7. The summed E-state index contributed by atoms with van der Waals surface area (Å²) in [5.74, 6) is -3.75. The van der Waals surface area contributed by atoms with E-state index in [1.54, 1.807) is 58.8 Å². The first-order valence-electron chi connectivity index (χ1n) is 26.2. The molecule has 0 bridgehead atoms. The minimum absolute atomic E-state index is 0.0684. The molecule has 21 nitrogen and oxygen atoms in total. The number of hydrogen-bond donors (Lipinski definition) is 4. The van der Waals surface area contributed by atoms with Gasteiger partial charge in [-0.25, -0.2) is 9.18 Å². The molecule has 5 rings (SSSR count). The molecule has 1 aromatic carbocycles. The highest BCUT2D eigenvalue weighted by atomic mass is 19.1. The van der Waals surface area contributed by atoms with Crippen molar-refractivity contribution < 1.29 is 91.4 Å². The zero-order chi connectivity index (χ0) is 55.3. The number of β-amino-alcohol motifs (C(OH)–C–C–N with tert-alkyl or cyclic N) is 1. The largest absolute Gasteiger partial charge is 0.462 e. The maximum Gasteiger partial charge on any atom is 0.414 e. The van der Waals surface area contributed by atoms with Gasteiger partial charge in [-0.1, -0.05) is 32.9 Å². The lowest BCUT2D eigenvalue weighted by atomic mass is 9.82. The first-order valence-corrected chi connectivity index (χ1v) is 26.2. The van der Waals surface area contributed by atoms with Gasteiger partial charge in [0.05, 0.1) is 55.7 Å². The predicted molar refractivity (Wildman–Crippen MR) is 268 cm³/mol. The van der Waals surface area contributed by atoms with Crippen LogP contribution < -0.4 is 4.90 Å². The van der Waals surface area contributed by atoms with Crippen molar-refractivity contribution in [3.05, 3.63) is 35.7 Å². The van der Waals surface area contributed by atoms with E-state index >= 15 is 4.39 Å². The maximum atomic E-state index is 15.4. The monoisotopic (exact) mass is 1070 g/mol. The highest BCUT2D eigenvalue weighted by molar-refractivity contribution is 5.90. The molecule has 4 N–H and O–H groups in total. The molecule has 424 valence electrons. The van der Waals surface area contributed by atoms with Crippen LogP contribution in [-0.4, -0.2) is 206 Å². The van der Waals surface area contributed by atoms with Crippen LogP contribution >= 0.6 is 0 Å². The lowest BCUT2D eigenvalue weighted by molar-refractivity contribution is -0.344. The zero-order valence-electron chi connectivity index (χ0n) is 45.1. The Kier molecular flexibility index (Phi) is 23.4. The average Bonchev–Trinajstić information content (AvgIpc) is 3.73. The molecule has 0 aliphatic carbocycles. The summed E-state index contributed by atoms with van der Waals surface area (Å²) in [7, 11) is 6.65. The molecular formula is C53H82FN3O18. The molecule has 4 aliphatic rings. The smallest absolute Gasteiger partial charge is 0.414 e. The Bertz CT molecular complexity index is 2060. The van der Waals surface area contributed by atoms with E-state index in [2.05, 4.69) is 0 Å². The topological polar surface area (TPSA) is 259 Å². The highest BCUT2D eigenvalue weighted by Gasteiger charge is 2.53. The van der Waals surface area contributed by atoms with E-state index in [9.17, 15) is 44.4 Å². The van der Waals surface area contributed by atoms with Crippen molar-refractivity contribution in [3.63, 3.8) is 0 Å². The standard InChI is InChI=1S/C53H82FN3O18/c1-11-41(61)72-40-25-43(63)70-36(16-13-15-33-18-19-35(24-38(33)54)57-27-37(29-59)71-52(57)65)17-14-21-56(9)28-39(60)30(3)23-34(20-22-58)48(49(40)67-10)75-51-46(64)45(55(7)8)47(31(4)69-51)74-44-26-53(6,66)50(32(5)68-44)73-42(62)12-2/h13,15,18-19,22,24,30-32,34,36-37,39-40,44-51,59-60,64,66H,11-12,14,16-17,20-21,23,25-29H2,1-10H3/b15-13+/t30-,31?,32?,34+,36+,37-,39+,40-,44+,45?,46?,47-,48+,49+,50+,51+,53?/m1/s1. The van der Waals surface area contributed by atoms with Crippen molar-refractivity contribution >= 4 is 42.1 Å². The number of amides is 1. The summed E-state index contributed by atoms with van der Waals surface area (Å²) in [6.07, 6.45) is -9.81. The minimum atomic E-state index is -1.53. The Hall–Kier alpha value is -4.20. The Morgan fingerprint density at radius 2 is 1.65 bits per heavy atom. The van der Waals surface area contributed by atoms with Gasteiger partial charge in [-0.3, -0.25) is 19.3 Å². The van der Waals surface area contributed by atoms with Crippen LogP contribution in [-0.2, 0) is 61.8 Å². The number of aldehydes is 1. The van der Waals surface area contributed by atoms with Crippen LogP contribution in [0.1, 0.15) is 105 Å². The Labute approximate surface area is 439 Å². The fourth-order valence-electron chi connectivity index (χ4n) is 10.4. The van der Waals surface area contributed by atoms with Crippen molar-refractivity contribution in [3.8, 4) is 0 Å². The Morgan fingerprint density at radius 3 is 2.27 bits per heavy atom. The number of carbonyl (C=O) groups is 5. The van der Waals surface area contributed by atoms with Crippen molar-refractivity contribution in [2.75, 3.05) is 59.4 Å². The number of nitrogens with zero attached hydrogens (tertiary/aromatic N) is 3. The number of aliphatic hydroxyl groups is 4. The molecule has 0 radical (unpaired) electrons. The number of anilines is 1. The second-order valence-corrected chi connectivity index (χ2v) is 20.8. The number of halogens is 1. The van der Waals surface area contributed by atoms with E-state index in [1.165, 1.54) is 37.1 Å². The van der Waals surface area contributed by atoms with Crippen LogP contribution in [0.4, 0.5) is 14.9 Å². The molecule has 17 atom stereocenters. The number of likely N-dealkylation sites (N-methyl/N-ethyl adjacent to an activating group) is 2. The summed E-state index contributed by atoms with van der Waals surface area (Å²) >= 11 is 0. The SMILES string of the molecule is CCC(=O)O[C@@H]1CC(=O)O[C@@H](C/C=C/c2ccc(N3C[C@H](CO)OC3=O)cc2F)CCCN(C)C[C@H](O)[C@H](C)C[C@H](CC=O)[C@H](O[C@@H]2OC(C)[C@@H](O[C@H]3CC(C)(O)[C@@H](OC(=O)CC)C(C)O3)C(N(C)C)C2O)[C@H]1OC. The van der Waals surface area contributed by atoms with Crippen LogP contribution in [0.5, 0.6) is 0 Å². The molecule has 1 amide bonds. The second-order valence-electron chi connectivity index (χ2n) is 20.8. The van der Waals surface area contributed by atoms with Crippen molar-refractivity contribution in [1.29, 1.82) is 0 Å². The van der Waals surface area contributed by atoms with Crippen LogP contribution in [0.2, 0.25) is 0 Å². The van der Waals surface area contributed by atoms with Crippen molar-refractivity contribution in [2.24, 2.45) is 11.8 Å². The second kappa shape index (κ2) is 28.4. The quantitative estimate of drug-likeness (QED) is 0.0989. The summed E-state index contributed by atoms with van der Waals surface area (Å²) in [6, 6.07) is 3.41. The molecule has 4 saturated heterocycles. The van der Waals surface area contributed by atoms with Gasteiger partial charge in [-0.15, -0.1) is 0 Å². The number of carbonyl (C=O) groups excluding carboxylic acids is 5.